The van der Waals surface area contributed by atoms with Crippen molar-refractivity contribution in [3.05, 3.63) is 12.2 Å². The predicted octanol–water partition coefficient (Wildman–Crippen LogP) is -2.23. The molecule has 0 aromatic rings. The molecule has 30 atom stereocenters. The fourth-order valence-corrected chi connectivity index (χ4v) is 17.8. The second kappa shape index (κ2) is 23.0. The summed E-state index contributed by atoms with van der Waals surface area (Å²) in [5.41, 5.74) is -1.88. The second-order valence-electron chi connectivity index (χ2n) is 27.1. The third kappa shape index (κ3) is 10.5. The molecule has 26 heteroatoms. The topological polar surface area (TPSA) is 421 Å². The van der Waals surface area contributed by atoms with E-state index in [9.17, 15) is 81.4 Å². The predicted molar refractivity (Wildman–Crippen MR) is 279 cm³/mol. The SMILES string of the molecule is C=C(CC)C1CCC2(C(=O)OC3(O)OC(COC4(O)OC(CO)C(OC5OC(C)C(O)C(O)C5O)C(O)C4O)C(O)C(O)C3O)CCC3(C)C(CCC4C5(C)CCC(OC6(O)OC(COC(C)=O)C(O)C(O)C6O)C(C)(C)C5CCC43C)C12. The van der Waals surface area contributed by atoms with Crippen LogP contribution < -0.4 is 0 Å². The second-order valence-corrected chi connectivity index (χ2v) is 27.1. The lowest BCUT2D eigenvalue weighted by Crippen LogP contribution is -2.70. The summed E-state index contributed by atoms with van der Waals surface area (Å²) in [6.45, 7) is 17.6. The van der Waals surface area contributed by atoms with E-state index in [-0.39, 0.29) is 45.8 Å². The third-order valence-electron chi connectivity index (χ3n) is 22.7. The van der Waals surface area contributed by atoms with Gasteiger partial charge in [-0.2, -0.15) is 0 Å². The zero-order valence-corrected chi connectivity index (χ0v) is 48.6. The lowest BCUT2D eigenvalue weighted by Gasteiger charge is -2.73. The summed E-state index contributed by atoms with van der Waals surface area (Å²) in [7, 11) is 0. The molecule has 26 nitrogen and oxygen atoms in total. The van der Waals surface area contributed by atoms with Crippen LogP contribution in [0.4, 0.5) is 0 Å². The van der Waals surface area contributed by atoms with Gasteiger partial charge in [-0.3, -0.25) is 9.59 Å². The molecule has 30 unspecified atom stereocenters. The fourth-order valence-electron chi connectivity index (χ4n) is 17.8. The van der Waals surface area contributed by atoms with Crippen LogP contribution in [0.25, 0.3) is 0 Å². The van der Waals surface area contributed by atoms with Crippen molar-refractivity contribution in [3.8, 4) is 0 Å². The van der Waals surface area contributed by atoms with Gasteiger partial charge in [-0.15, -0.1) is 0 Å². The molecule has 0 amide bonds. The van der Waals surface area contributed by atoms with E-state index in [1.807, 2.05) is 6.92 Å². The molecule has 0 radical (unpaired) electrons. The first kappa shape index (κ1) is 65.3. The van der Waals surface area contributed by atoms with Gasteiger partial charge in [0.1, 0.15) is 79.9 Å². The average Bonchev–Trinajstić information content (AvgIpc) is 3.94. The van der Waals surface area contributed by atoms with Gasteiger partial charge in [0.25, 0.3) is 0 Å². The summed E-state index contributed by atoms with van der Waals surface area (Å²) >= 11 is 0. The van der Waals surface area contributed by atoms with Crippen LogP contribution in [-0.4, -0.2) is 236 Å². The first-order chi connectivity index (χ1) is 38.6. The summed E-state index contributed by atoms with van der Waals surface area (Å²) in [4.78, 5) is 26.9. The van der Waals surface area contributed by atoms with Crippen LogP contribution in [0.2, 0.25) is 0 Å². The molecule has 0 aromatic heterocycles. The number of carbonyl (C=O) groups is 2. The number of fused-ring (bicyclic) bond motifs is 7. The maximum Gasteiger partial charge on any atom is 0.357 e. The Hall–Kier alpha value is -2.20. The molecule has 5 saturated carbocycles. The molecule has 83 heavy (non-hydrogen) atoms. The Balaban J connectivity index is 0.911. The number of hydrogen-bond acceptors (Lipinski definition) is 26. The Morgan fingerprint density at radius 2 is 1.22 bits per heavy atom. The molecule has 0 spiro atoms. The zero-order chi connectivity index (χ0) is 61.3. The van der Waals surface area contributed by atoms with Crippen molar-refractivity contribution in [2.75, 3.05) is 19.8 Å². The summed E-state index contributed by atoms with van der Waals surface area (Å²) in [6, 6.07) is 0. The van der Waals surface area contributed by atoms with Gasteiger partial charge in [0.05, 0.1) is 30.8 Å². The van der Waals surface area contributed by atoms with Gasteiger partial charge < -0.3 is 119 Å². The molecular weight excluding hydrogens is 1100 g/mol. The van der Waals surface area contributed by atoms with Crippen LogP contribution in [0.1, 0.15) is 126 Å². The van der Waals surface area contributed by atoms with Gasteiger partial charge in [0.2, 0.25) is 0 Å². The lowest BCUT2D eigenvalue weighted by atomic mass is 9.32. The minimum absolute atomic E-state index is 0.0284. The van der Waals surface area contributed by atoms with Crippen molar-refractivity contribution in [2.24, 2.45) is 56.7 Å². The minimum atomic E-state index is -3.34. The van der Waals surface area contributed by atoms with Gasteiger partial charge in [-0.05, 0) is 129 Å². The molecule has 9 aliphatic rings. The minimum Gasteiger partial charge on any atom is -0.463 e. The Morgan fingerprint density at radius 3 is 1.84 bits per heavy atom. The average molecular weight is 1190 g/mol. The highest BCUT2D eigenvalue weighted by Crippen LogP contribution is 2.78. The molecule has 5 aliphatic carbocycles. The van der Waals surface area contributed by atoms with Crippen LogP contribution in [0, 0.1) is 56.7 Å². The zero-order valence-electron chi connectivity index (χ0n) is 48.6. The van der Waals surface area contributed by atoms with E-state index in [1.165, 1.54) is 6.92 Å². The van der Waals surface area contributed by atoms with Gasteiger partial charge >= 0.3 is 29.9 Å². The Morgan fingerprint density at radius 1 is 0.614 bits per heavy atom. The van der Waals surface area contributed by atoms with E-state index in [0.29, 0.717) is 51.4 Å². The fraction of sp³-hybridized carbons (Fsp3) is 0.930. The maximum atomic E-state index is 15.3. The van der Waals surface area contributed by atoms with Gasteiger partial charge in [0, 0.05) is 6.92 Å². The van der Waals surface area contributed by atoms with Crippen molar-refractivity contribution >= 4 is 11.9 Å². The largest absolute Gasteiger partial charge is 0.463 e. The molecule has 15 N–H and O–H groups in total. The summed E-state index contributed by atoms with van der Waals surface area (Å²) < 4.78 is 50.7. The molecule has 0 bridgehead atoms. The van der Waals surface area contributed by atoms with Crippen molar-refractivity contribution < 1.29 is 129 Å². The van der Waals surface area contributed by atoms with E-state index >= 15 is 4.79 Å². The van der Waals surface area contributed by atoms with E-state index in [1.54, 1.807) is 0 Å². The number of aliphatic hydroxyl groups is 15. The molecule has 9 rings (SSSR count). The number of ether oxygens (including phenoxy) is 9. The van der Waals surface area contributed by atoms with Crippen LogP contribution in [-0.2, 0) is 52.2 Å². The number of esters is 2. The van der Waals surface area contributed by atoms with Crippen molar-refractivity contribution in [1.29, 1.82) is 0 Å². The molecule has 4 heterocycles. The van der Waals surface area contributed by atoms with E-state index in [4.69, 9.17) is 42.6 Å². The van der Waals surface area contributed by atoms with Crippen molar-refractivity contribution in [3.63, 3.8) is 0 Å². The molecule has 4 aliphatic heterocycles. The standard InChI is InChI=1S/C57H92O26/c1-10-24(2)27-13-18-54(49(71)83-57(74)46(69)41(65)38(62)31(81-57)23-76-55(72)47(70)43(67)44(29(21-58)79-55)78-48-42(66)39(63)36(60)25(3)77-48)20-19-52(8)28(35(27)54)11-12-33-51(7)16-15-34(50(5,6)32(51)14-17-53(33,52)9)82-56(73)45(68)40(64)37(61)30(80-56)22-75-26(4)59/h25,27-48,58,60-70,72-74H,2,10-23H2,1,3-9H3. The van der Waals surface area contributed by atoms with E-state index < -0.39 is 171 Å². The van der Waals surface area contributed by atoms with Crippen LogP contribution in [0.15, 0.2) is 12.2 Å². The smallest absolute Gasteiger partial charge is 0.357 e. The van der Waals surface area contributed by atoms with Gasteiger partial charge in [-0.25, -0.2) is 0 Å². The molecule has 476 valence electrons. The first-order valence-electron chi connectivity index (χ1n) is 29.5. The highest BCUT2D eigenvalue weighted by atomic mass is 16.9. The van der Waals surface area contributed by atoms with Crippen LogP contribution >= 0.6 is 0 Å². The lowest BCUT2D eigenvalue weighted by molar-refractivity contribution is -0.474. The Labute approximate surface area is 482 Å². The number of carbonyl (C=O) groups excluding carboxylic acids is 2. The van der Waals surface area contributed by atoms with E-state index in [2.05, 4.69) is 41.2 Å². The molecule has 0 aromatic carbocycles. The maximum absolute atomic E-state index is 15.3. The summed E-state index contributed by atoms with van der Waals surface area (Å²) in [5.74, 6) is -11.3. The van der Waals surface area contributed by atoms with Gasteiger partial charge in [-0.1, -0.05) is 53.7 Å². The Bertz CT molecular complexity index is 2360. The molecule has 4 saturated heterocycles. The van der Waals surface area contributed by atoms with E-state index in [0.717, 1.165) is 31.8 Å². The molecule has 9 fully saturated rings. The summed E-state index contributed by atoms with van der Waals surface area (Å²) in [6.07, 6.45) is -26.1. The van der Waals surface area contributed by atoms with Gasteiger partial charge in [0.15, 0.2) is 24.6 Å². The number of allylic oxidation sites excluding steroid dienone is 1. The number of rotatable bonds is 14. The van der Waals surface area contributed by atoms with Crippen LogP contribution in [0.3, 0.4) is 0 Å². The van der Waals surface area contributed by atoms with Crippen molar-refractivity contribution in [2.45, 2.75) is 254 Å². The highest BCUT2D eigenvalue weighted by molar-refractivity contribution is 5.79. The Kier molecular flexibility index (Phi) is 18.1. The first-order valence-corrected chi connectivity index (χ1v) is 29.5. The highest BCUT2D eigenvalue weighted by Gasteiger charge is 2.74. The van der Waals surface area contributed by atoms with Crippen molar-refractivity contribution in [1.82, 2.24) is 0 Å². The number of hydrogen-bond donors (Lipinski definition) is 15. The number of aliphatic hydroxyl groups excluding tert-OH is 12. The third-order valence-corrected chi connectivity index (χ3v) is 22.7. The van der Waals surface area contributed by atoms with Crippen LogP contribution in [0.5, 0.6) is 0 Å². The summed E-state index contributed by atoms with van der Waals surface area (Å²) in [5, 5.41) is 165. The monoisotopic (exact) mass is 1190 g/mol. The normalized spacial score (nSPS) is 54.1. The quantitative estimate of drug-likeness (QED) is 0.0379. The molecular formula is C57H92O26.